The van der Waals surface area contributed by atoms with Crippen LogP contribution in [-0.4, -0.2) is 7.11 Å². The molecule has 0 radical (unpaired) electrons. The molecule has 0 aliphatic carbocycles. The second-order valence-electron chi connectivity index (χ2n) is 3.45. The first-order chi connectivity index (χ1) is 6.13. The maximum atomic E-state index is 5.24. The average Bonchev–Trinajstić information content (AvgIpc) is 2.07. The summed E-state index contributed by atoms with van der Waals surface area (Å²) in [6, 6.07) is 6.24. The molecule has 0 saturated carbocycles. The van der Waals surface area contributed by atoms with Crippen molar-refractivity contribution in [3.05, 3.63) is 34.9 Å². The fourth-order valence-electron chi connectivity index (χ4n) is 1.26. The molecule has 1 aromatic rings. The zero-order valence-corrected chi connectivity index (χ0v) is 8.72. The van der Waals surface area contributed by atoms with Gasteiger partial charge < -0.3 is 4.74 Å². The minimum Gasteiger partial charge on any atom is -0.496 e. The highest BCUT2D eigenvalue weighted by Gasteiger charge is 1.97. The minimum atomic E-state index is 0.954. The number of ether oxygens (including phenoxy) is 1. The highest BCUT2D eigenvalue weighted by Crippen LogP contribution is 2.20. The van der Waals surface area contributed by atoms with Crippen LogP contribution in [0.5, 0.6) is 5.75 Å². The lowest BCUT2D eigenvalue weighted by Crippen LogP contribution is -1.87. The Hall–Kier alpha value is -1.24. The van der Waals surface area contributed by atoms with Gasteiger partial charge in [-0.2, -0.15) is 0 Å². The number of allylic oxidation sites excluding steroid dienone is 1. The molecule has 0 N–H and O–H groups in total. The van der Waals surface area contributed by atoms with E-state index >= 15 is 0 Å². The van der Waals surface area contributed by atoms with E-state index in [1.54, 1.807) is 7.11 Å². The number of hydrogen-bond donors (Lipinski definition) is 0. The first-order valence-electron chi connectivity index (χ1n) is 4.43. The molecule has 0 atom stereocenters. The van der Waals surface area contributed by atoms with Crippen molar-refractivity contribution < 1.29 is 4.74 Å². The molecule has 0 spiro atoms. The smallest absolute Gasteiger partial charge is 0.122 e. The zero-order valence-electron chi connectivity index (χ0n) is 8.72. The molecule has 0 amide bonds. The van der Waals surface area contributed by atoms with Crippen LogP contribution in [0.15, 0.2) is 23.8 Å². The monoisotopic (exact) mass is 176 g/mol. The summed E-state index contributed by atoms with van der Waals surface area (Å²) in [6.45, 7) is 6.23. The third-order valence-electron chi connectivity index (χ3n) is 1.89. The van der Waals surface area contributed by atoms with Crippen LogP contribution in [0.25, 0.3) is 6.08 Å². The summed E-state index contributed by atoms with van der Waals surface area (Å²) >= 11 is 0. The lowest BCUT2D eigenvalue weighted by molar-refractivity contribution is 0.411. The van der Waals surface area contributed by atoms with Gasteiger partial charge in [-0.05, 0) is 38.0 Å². The van der Waals surface area contributed by atoms with E-state index in [-0.39, 0.29) is 0 Å². The standard InChI is InChI=1S/C12H16O/c1-9(2)7-11-6-5-10(3)12(8-11)13-4/h5-8H,1-4H3. The van der Waals surface area contributed by atoms with E-state index in [0.29, 0.717) is 0 Å². The molecule has 0 unspecified atom stereocenters. The van der Waals surface area contributed by atoms with E-state index in [1.807, 2.05) is 6.92 Å². The van der Waals surface area contributed by atoms with Crippen LogP contribution in [0, 0.1) is 6.92 Å². The maximum Gasteiger partial charge on any atom is 0.122 e. The molecule has 0 fully saturated rings. The average molecular weight is 176 g/mol. The molecule has 1 rings (SSSR count). The third kappa shape index (κ3) is 2.62. The van der Waals surface area contributed by atoms with Gasteiger partial charge in [0.2, 0.25) is 0 Å². The molecule has 13 heavy (non-hydrogen) atoms. The summed E-state index contributed by atoms with van der Waals surface area (Å²) < 4.78 is 5.24. The quantitative estimate of drug-likeness (QED) is 0.670. The van der Waals surface area contributed by atoms with Crippen molar-refractivity contribution in [2.45, 2.75) is 20.8 Å². The number of rotatable bonds is 2. The molecule has 0 bridgehead atoms. The van der Waals surface area contributed by atoms with Crippen LogP contribution in [0.1, 0.15) is 25.0 Å². The van der Waals surface area contributed by atoms with Crippen molar-refractivity contribution in [2.24, 2.45) is 0 Å². The van der Waals surface area contributed by atoms with E-state index in [4.69, 9.17) is 4.74 Å². The summed E-state index contributed by atoms with van der Waals surface area (Å²) in [6.07, 6.45) is 2.14. The lowest BCUT2D eigenvalue weighted by Gasteiger charge is -2.05. The third-order valence-corrected chi connectivity index (χ3v) is 1.89. The summed E-state index contributed by atoms with van der Waals surface area (Å²) in [5, 5.41) is 0. The van der Waals surface area contributed by atoms with Gasteiger partial charge in [0.25, 0.3) is 0 Å². The Bertz CT molecular complexity index is 320. The van der Waals surface area contributed by atoms with Gasteiger partial charge in [-0.15, -0.1) is 0 Å². The van der Waals surface area contributed by atoms with Crippen LogP contribution < -0.4 is 4.74 Å². The number of hydrogen-bond acceptors (Lipinski definition) is 1. The molecule has 0 aliphatic heterocycles. The Balaban J connectivity index is 3.06. The largest absolute Gasteiger partial charge is 0.496 e. The molecule has 70 valence electrons. The molecule has 0 aromatic heterocycles. The SMILES string of the molecule is COc1cc(C=C(C)C)ccc1C. The van der Waals surface area contributed by atoms with Crippen LogP contribution in [0.2, 0.25) is 0 Å². The molecule has 1 nitrogen and oxygen atoms in total. The van der Waals surface area contributed by atoms with Crippen molar-refractivity contribution >= 4 is 6.08 Å². The summed E-state index contributed by atoms with van der Waals surface area (Å²) in [5.41, 5.74) is 3.67. The molecule has 1 heteroatoms. The van der Waals surface area contributed by atoms with Crippen LogP contribution in [0.4, 0.5) is 0 Å². The molecule has 0 aliphatic rings. The highest BCUT2D eigenvalue weighted by molar-refractivity contribution is 5.55. The maximum absolute atomic E-state index is 5.24. The van der Waals surface area contributed by atoms with E-state index < -0.39 is 0 Å². The molecule has 0 saturated heterocycles. The van der Waals surface area contributed by atoms with Crippen LogP contribution >= 0.6 is 0 Å². The van der Waals surface area contributed by atoms with Gasteiger partial charge in [0, 0.05) is 0 Å². The van der Waals surface area contributed by atoms with E-state index in [2.05, 4.69) is 38.1 Å². The number of methoxy groups -OCH3 is 1. The Morgan fingerprint density at radius 2 is 2.00 bits per heavy atom. The Morgan fingerprint density at radius 1 is 1.31 bits per heavy atom. The van der Waals surface area contributed by atoms with Crippen molar-refractivity contribution in [3.63, 3.8) is 0 Å². The zero-order chi connectivity index (χ0) is 9.84. The van der Waals surface area contributed by atoms with E-state index in [9.17, 15) is 0 Å². The van der Waals surface area contributed by atoms with Crippen molar-refractivity contribution in [1.82, 2.24) is 0 Å². The van der Waals surface area contributed by atoms with Crippen molar-refractivity contribution in [3.8, 4) is 5.75 Å². The van der Waals surface area contributed by atoms with E-state index in [1.165, 1.54) is 16.7 Å². The van der Waals surface area contributed by atoms with Crippen molar-refractivity contribution in [2.75, 3.05) is 7.11 Å². The first-order valence-corrected chi connectivity index (χ1v) is 4.43. The Morgan fingerprint density at radius 3 is 2.54 bits per heavy atom. The second-order valence-corrected chi connectivity index (χ2v) is 3.45. The number of aryl methyl sites for hydroxylation is 1. The second kappa shape index (κ2) is 4.13. The van der Waals surface area contributed by atoms with Crippen molar-refractivity contribution in [1.29, 1.82) is 0 Å². The van der Waals surface area contributed by atoms with Gasteiger partial charge >= 0.3 is 0 Å². The predicted octanol–water partition coefficient (Wildman–Crippen LogP) is 3.43. The normalized spacial score (nSPS) is 9.54. The first kappa shape index (κ1) is 9.85. The summed E-state index contributed by atoms with van der Waals surface area (Å²) in [7, 11) is 1.70. The van der Waals surface area contributed by atoms with Gasteiger partial charge in [-0.25, -0.2) is 0 Å². The van der Waals surface area contributed by atoms with Gasteiger partial charge in [0.1, 0.15) is 5.75 Å². The lowest BCUT2D eigenvalue weighted by atomic mass is 10.1. The summed E-state index contributed by atoms with van der Waals surface area (Å²) in [5.74, 6) is 0.954. The topological polar surface area (TPSA) is 9.23 Å². The highest BCUT2D eigenvalue weighted by atomic mass is 16.5. The summed E-state index contributed by atoms with van der Waals surface area (Å²) in [4.78, 5) is 0. The number of benzene rings is 1. The van der Waals surface area contributed by atoms with Crippen LogP contribution in [-0.2, 0) is 0 Å². The van der Waals surface area contributed by atoms with Gasteiger partial charge in [0.15, 0.2) is 0 Å². The van der Waals surface area contributed by atoms with Gasteiger partial charge in [-0.1, -0.05) is 23.8 Å². The van der Waals surface area contributed by atoms with E-state index in [0.717, 1.165) is 5.75 Å². The van der Waals surface area contributed by atoms with Gasteiger partial charge in [-0.3, -0.25) is 0 Å². The van der Waals surface area contributed by atoms with Gasteiger partial charge in [0.05, 0.1) is 7.11 Å². The molecule has 1 aromatic carbocycles. The van der Waals surface area contributed by atoms with Crippen LogP contribution in [0.3, 0.4) is 0 Å². The fourth-order valence-corrected chi connectivity index (χ4v) is 1.26. The Kier molecular flexibility index (Phi) is 3.13. The minimum absolute atomic E-state index is 0.954. The predicted molar refractivity (Wildman–Crippen MR) is 57.1 cm³/mol. The molecular formula is C12H16O. The molecule has 0 heterocycles. The Labute approximate surface area is 80.0 Å². The fraction of sp³-hybridized carbons (Fsp3) is 0.333. The molecular weight excluding hydrogens is 160 g/mol.